The molecule has 2 aliphatic rings. The van der Waals surface area contributed by atoms with Crippen molar-refractivity contribution in [3.8, 4) is 0 Å². The molecular weight excluding hydrogens is 411 g/mol. The van der Waals surface area contributed by atoms with Gasteiger partial charge in [-0.3, -0.25) is 9.59 Å². The van der Waals surface area contributed by atoms with Gasteiger partial charge in [0.1, 0.15) is 5.82 Å². The average Bonchev–Trinajstić information content (AvgIpc) is 3.36. The van der Waals surface area contributed by atoms with Crippen LogP contribution < -0.4 is 10.6 Å². The number of carbonyl (C=O) groups is 3. The van der Waals surface area contributed by atoms with E-state index >= 15 is 0 Å². The van der Waals surface area contributed by atoms with Crippen molar-refractivity contribution in [1.29, 1.82) is 0 Å². The number of likely N-dealkylation sites (tertiary alicyclic amines) is 2. The Labute approximate surface area is 186 Å². The van der Waals surface area contributed by atoms with Crippen LogP contribution in [0.1, 0.15) is 36.0 Å². The van der Waals surface area contributed by atoms with Crippen LogP contribution in [0, 0.1) is 11.7 Å². The van der Waals surface area contributed by atoms with E-state index in [2.05, 4.69) is 10.6 Å². The molecule has 7 nitrogen and oxygen atoms in total. The van der Waals surface area contributed by atoms with Crippen LogP contribution in [-0.4, -0.2) is 53.8 Å². The number of benzene rings is 2. The molecular formula is C24H27FN4O3. The molecule has 32 heavy (non-hydrogen) atoms. The van der Waals surface area contributed by atoms with Crippen molar-refractivity contribution >= 4 is 29.2 Å². The first-order valence-electron chi connectivity index (χ1n) is 11.0. The lowest BCUT2D eigenvalue weighted by molar-refractivity contribution is -0.121. The Morgan fingerprint density at radius 2 is 1.44 bits per heavy atom. The maximum absolute atomic E-state index is 13.2. The van der Waals surface area contributed by atoms with Crippen LogP contribution >= 0.6 is 0 Å². The third-order valence-electron chi connectivity index (χ3n) is 5.99. The number of rotatable bonds is 4. The van der Waals surface area contributed by atoms with Crippen LogP contribution in [0.15, 0.2) is 48.5 Å². The number of nitrogens with one attached hydrogen (secondary N) is 2. The minimum Gasteiger partial charge on any atom is -0.338 e. The highest BCUT2D eigenvalue weighted by atomic mass is 19.1. The first-order valence-corrected chi connectivity index (χ1v) is 11.0. The number of anilines is 2. The maximum Gasteiger partial charge on any atom is 0.321 e. The van der Waals surface area contributed by atoms with Gasteiger partial charge in [-0.15, -0.1) is 0 Å². The zero-order valence-corrected chi connectivity index (χ0v) is 17.9. The molecule has 2 aromatic carbocycles. The van der Waals surface area contributed by atoms with Crippen molar-refractivity contribution < 1.29 is 18.8 Å². The van der Waals surface area contributed by atoms with E-state index in [-0.39, 0.29) is 23.8 Å². The fraction of sp³-hybridized carbons (Fsp3) is 0.375. The highest BCUT2D eigenvalue weighted by Crippen LogP contribution is 2.25. The van der Waals surface area contributed by atoms with Gasteiger partial charge in [0.25, 0.3) is 5.91 Å². The van der Waals surface area contributed by atoms with E-state index in [0.29, 0.717) is 42.9 Å². The lowest BCUT2D eigenvalue weighted by Gasteiger charge is -2.32. The van der Waals surface area contributed by atoms with Gasteiger partial charge in [-0.2, -0.15) is 0 Å². The summed E-state index contributed by atoms with van der Waals surface area (Å²) in [7, 11) is 0. The van der Waals surface area contributed by atoms with E-state index in [4.69, 9.17) is 0 Å². The van der Waals surface area contributed by atoms with Crippen LogP contribution in [0.25, 0.3) is 0 Å². The predicted octanol–water partition coefficient (Wildman–Crippen LogP) is 3.94. The van der Waals surface area contributed by atoms with Crippen molar-refractivity contribution in [2.75, 3.05) is 36.8 Å². The van der Waals surface area contributed by atoms with Crippen LogP contribution in [0.4, 0.5) is 20.6 Å². The molecule has 0 spiro atoms. The zero-order valence-electron chi connectivity index (χ0n) is 17.9. The molecule has 4 amide bonds. The average molecular weight is 439 g/mol. The third-order valence-corrected chi connectivity index (χ3v) is 5.99. The van der Waals surface area contributed by atoms with Gasteiger partial charge in [-0.1, -0.05) is 12.1 Å². The molecule has 2 aromatic rings. The van der Waals surface area contributed by atoms with Crippen molar-refractivity contribution in [1.82, 2.24) is 9.80 Å². The summed E-state index contributed by atoms with van der Waals surface area (Å²) in [5.41, 5.74) is 1.49. The van der Waals surface area contributed by atoms with Gasteiger partial charge in [0.05, 0.1) is 17.3 Å². The topological polar surface area (TPSA) is 81.8 Å². The first kappa shape index (κ1) is 21.8. The molecule has 2 fully saturated rings. The number of hydrogen-bond acceptors (Lipinski definition) is 3. The second-order valence-corrected chi connectivity index (χ2v) is 8.26. The highest BCUT2D eigenvalue weighted by molar-refractivity contribution is 6.00. The molecule has 0 radical (unpaired) electrons. The Hall–Kier alpha value is -3.42. The quantitative estimate of drug-likeness (QED) is 0.759. The Morgan fingerprint density at radius 1 is 0.812 bits per heavy atom. The minimum atomic E-state index is -0.395. The largest absolute Gasteiger partial charge is 0.338 e. The number of amides is 4. The van der Waals surface area contributed by atoms with Gasteiger partial charge in [-0.25, -0.2) is 9.18 Å². The van der Waals surface area contributed by atoms with Gasteiger partial charge >= 0.3 is 6.03 Å². The lowest BCUT2D eigenvalue weighted by Crippen LogP contribution is -2.43. The van der Waals surface area contributed by atoms with E-state index in [9.17, 15) is 18.8 Å². The van der Waals surface area contributed by atoms with E-state index in [1.54, 1.807) is 34.1 Å². The number of urea groups is 1. The summed E-state index contributed by atoms with van der Waals surface area (Å²) < 4.78 is 13.2. The molecule has 0 saturated carbocycles. The summed E-state index contributed by atoms with van der Waals surface area (Å²) in [6.45, 7) is 2.33. The molecule has 0 bridgehead atoms. The number of hydrogen-bond donors (Lipinski definition) is 2. The van der Waals surface area contributed by atoms with Crippen LogP contribution in [0.3, 0.4) is 0 Å². The molecule has 2 saturated heterocycles. The minimum absolute atomic E-state index is 0.169. The van der Waals surface area contributed by atoms with E-state index in [1.165, 1.54) is 24.3 Å². The molecule has 2 aliphatic heterocycles. The Bertz CT molecular complexity index is 989. The zero-order chi connectivity index (χ0) is 22.5. The van der Waals surface area contributed by atoms with Gasteiger partial charge in [0.2, 0.25) is 5.91 Å². The molecule has 8 heteroatoms. The van der Waals surface area contributed by atoms with E-state index in [0.717, 1.165) is 25.9 Å². The second kappa shape index (κ2) is 9.80. The maximum atomic E-state index is 13.2. The number of nitrogens with zero attached hydrogens (tertiary/aromatic N) is 2. The van der Waals surface area contributed by atoms with Gasteiger partial charge in [0, 0.05) is 31.7 Å². The Kier molecular flexibility index (Phi) is 6.68. The first-order chi connectivity index (χ1) is 15.5. The monoisotopic (exact) mass is 438 g/mol. The molecule has 168 valence electrons. The molecule has 0 aliphatic carbocycles. The molecule has 1 atom stereocenters. The van der Waals surface area contributed by atoms with Crippen molar-refractivity contribution in [2.24, 2.45) is 5.92 Å². The second-order valence-electron chi connectivity index (χ2n) is 8.26. The summed E-state index contributed by atoms with van der Waals surface area (Å²) in [6.07, 6.45) is 3.38. The van der Waals surface area contributed by atoms with Gasteiger partial charge in [0.15, 0.2) is 0 Å². The SMILES string of the molecule is O=C(Nc1ccccc1NC(=O)N1CCCC1)C1CCCN(C(=O)c2ccc(F)cc2)C1. The van der Waals surface area contributed by atoms with Crippen LogP contribution in [0.2, 0.25) is 0 Å². The molecule has 2 N–H and O–H groups in total. The Balaban J connectivity index is 1.40. The smallest absolute Gasteiger partial charge is 0.321 e. The molecule has 0 aromatic heterocycles. The fourth-order valence-electron chi connectivity index (χ4n) is 4.20. The highest BCUT2D eigenvalue weighted by Gasteiger charge is 2.29. The van der Waals surface area contributed by atoms with Crippen LogP contribution in [-0.2, 0) is 4.79 Å². The Morgan fingerprint density at radius 3 is 2.12 bits per heavy atom. The van der Waals surface area contributed by atoms with Crippen molar-refractivity contribution in [3.05, 3.63) is 59.9 Å². The summed E-state index contributed by atoms with van der Waals surface area (Å²) >= 11 is 0. The van der Waals surface area contributed by atoms with Gasteiger partial charge < -0.3 is 20.4 Å². The number of halogens is 1. The fourth-order valence-corrected chi connectivity index (χ4v) is 4.20. The summed E-state index contributed by atoms with van der Waals surface area (Å²) in [5.74, 6) is -1.16. The number of para-hydroxylation sites is 2. The molecule has 4 rings (SSSR count). The summed E-state index contributed by atoms with van der Waals surface area (Å²) in [4.78, 5) is 41.6. The standard InChI is InChI=1S/C24H27FN4O3/c25-19-11-9-17(10-12-19)23(31)29-15-5-6-18(16-29)22(30)26-20-7-1-2-8-21(20)27-24(32)28-13-3-4-14-28/h1-2,7-12,18H,3-6,13-16H2,(H,26,30)(H,27,32). The predicted molar refractivity (Wildman–Crippen MR) is 120 cm³/mol. The van der Waals surface area contributed by atoms with E-state index in [1.807, 2.05) is 0 Å². The molecule has 1 unspecified atom stereocenters. The van der Waals surface area contributed by atoms with Gasteiger partial charge in [-0.05, 0) is 62.1 Å². The third kappa shape index (κ3) is 5.07. The lowest BCUT2D eigenvalue weighted by atomic mass is 9.96. The summed E-state index contributed by atoms with van der Waals surface area (Å²) in [6, 6.07) is 12.4. The van der Waals surface area contributed by atoms with Crippen molar-refractivity contribution in [3.63, 3.8) is 0 Å². The summed E-state index contributed by atoms with van der Waals surface area (Å²) in [5, 5.41) is 5.81. The van der Waals surface area contributed by atoms with E-state index < -0.39 is 5.82 Å². The van der Waals surface area contributed by atoms with Crippen LogP contribution in [0.5, 0.6) is 0 Å². The molecule has 2 heterocycles. The number of carbonyl (C=O) groups excluding carboxylic acids is 3. The normalized spacial score (nSPS) is 18.3. The number of piperidine rings is 1. The van der Waals surface area contributed by atoms with Crippen molar-refractivity contribution in [2.45, 2.75) is 25.7 Å².